The molecule has 3 rings (SSSR count). The first kappa shape index (κ1) is 16.0. The molecule has 0 amide bonds. The molecule has 0 N–H and O–H groups in total. The molecular weight excluding hydrogens is 332 g/mol. The molecule has 1 aliphatic rings. The van der Waals surface area contributed by atoms with Crippen LogP contribution in [0.3, 0.4) is 0 Å². The molecule has 0 atom stereocenters. The predicted octanol–water partition coefficient (Wildman–Crippen LogP) is 2.89. The third kappa shape index (κ3) is 3.54. The molecule has 2 aromatic carbocycles. The van der Waals surface area contributed by atoms with E-state index in [4.69, 9.17) is 0 Å². The summed E-state index contributed by atoms with van der Waals surface area (Å²) in [5.74, 6) is -0.268. The normalized spacial score (nSPS) is 19.6. The van der Waals surface area contributed by atoms with E-state index in [0.717, 1.165) is 16.5 Å². The van der Waals surface area contributed by atoms with Crippen molar-refractivity contribution in [1.82, 2.24) is 0 Å². The van der Waals surface area contributed by atoms with Crippen LogP contribution in [-0.4, -0.2) is 28.3 Å². The zero-order valence-electron chi connectivity index (χ0n) is 12.3. The Hall–Kier alpha value is -1.92. The van der Waals surface area contributed by atoms with Crippen LogP contribution in [0.15, 0.2) is 60.0 Å². The molecule has 6 heteroatoms. The van der Waals surface area contributed by atoms with E-state index in [-0.39, 0.29) is 22.8 Å². The lowest BCUT2D eigenvalue weighted by Crippen LogP contribution is -2.07. The fraction of sp³-hybridized carbons (Fsp3) is 0.176. The van der Waals surface area contributed by atoms with Gasteiger partial charge in [0.05, 0.1) is 16.4 Å². The SMILES string of the molecule is O=S1(=O)C=C(c2ccc(-c3ccccc3)cc2)S(=O)(=O)CCC1. The van der Waals surface area contributed by atoms with E-state index >= 15 is 0 Å². The maximum atomic E-state index is 12.3. The lowest BCUT2D eigenvalue weighted by atomic mass is 10.0. The summed E-state index contributed by atoms with van der Waals surface area (Å²) in [7, 11) is -7.07. The third-order valence-corrected chi connectivity index (χ3v) is 7.19. The van der Waals surface area contributed by atoms with E-state index in [9.17, 15) is 16.8 Å². The van der Waals surface area contributed by atoms with Crippen molar-refractivity contribution in [3.05, 3.63) is 65.6 Å². The molecule has 0 saturated carbocycles. The second-order valence-electron chi connectivity index (χ2n) is 5.46. The van der Waals surface area contributed by atoms with Gasteiger partial charge in [0.1, 0.15) is 0 Å². The number of sulfone groups is 2. The summed E-state index contributed by atoms with van der Waals surface area (Å²) in [6.07, 6.45) is 0.132. The Kier molecular flexibility index (Phi) is 4.12. The van der Waals surface area contributed by atoms with E-state index in [2.05, 4.69) is 0 Å². The van der Waals surface area contributed by atoms with Crippen molar-refractivity contribution in [2.75, 3.05) is 11.5 Å². The highest BCUT2D eigenvalue weighted by molar-refractivity contribution is 8.03. The molecule has 0 aliphatic carbocycles. The molecule has 0 aromatic heterocycles. The molecule has 0 unspecified atom stereocenters. The Labute approximate surface area is 136 Å². The van der Waals surface area contributed by atoms with Gasteiger partial charge < -0.3 is 0 Å². The van der Waals surface area contributed by atoms with Gasteiger partial charge in [-0.05, 0) is 23.1 Å². The minimum atomic E-state index is -3.58. The molecule has 0 saturated heterocycles. The number of benzene rings is 2. The van der Waals surface area contributed by atoms with Crippen LogP contribution in [0.5, 0.6) is 0 Å². The summed E-state index contributed by atoms with van der Waals surface area (Å²) in [6.45, 7) is 0. The van der Waals surface area contributed by atoms with Crippen LogP contribution in [0.2, 0.25) is 0 Å². The Morgan fingerprint density at radius 3 is 1.87 bits per heavy atom. The molecule has 1 heterocycles. The topological polar surface area (TPSA) is 68.3 Å². The van der Waals surface area contributed by atoms with Gasteiger partial charge in [-0.15, -0.1) is 0 Å². The maximum absolute atomic E-state index is 12.3. The summed E-state index contributed by atoms with van der Waals surface area (Å²) in [4.78, 5) is -0.102. The standard InChI is InChI=1S/C17H16O4S2/c18-22(19)11-4-12-23(20,21)17(13-22)16-9-7-15(8-10-16)14-5-2-1-3-6-14/h1-3,5-10,13H,4,11-12H2. The summed E-state index contributed by atoms with van der Waals surface area (Å²) in [6, 6.07) is 16.6. The summed E-state index contributed by atoms with van der Waals surface area (Å²) in [5.41, 5.74) is 2.38. The predicted molar refractivity (Wildman–Crippen MR) is 92.0 cm³/mol. The van der Waals surface area contributed by atoms with Gasteiger partial charge in [-0.3, -0.25) is 0 Å². The van der Waals surface area contributed by atoms with Crippen LogP contribution in [0.25, 0.3) is 16.0 Å². The zero-order chi connectivity index (χ0) is 16.5. The van der Waals surface area contributed by atoms with Crippen molar-refractivity contribution in [2.24, 2.45) is 0 Å². The average molecular weight is 348 g/mol. The van der Waals surface area contributed by atoms with Gasteiger partial charge >= 0.3 is 0 Å². The van der Waals surface area contributed by atoms with E-state index in [1.54, 1.807) is 24.3 Å². The Bertz CT molecular complexity index is 939. The molecule has 0 spiro atoms. The third-order valence-electron chi connectivity index (χ3n) is 3.74. The first-order valence-electron chi connectivity index (χ1n) is 7.20. The molecule has 0 fully saturated rings. The summed E-state index contributed by atoms with van der Waals surface area (Å²) >= 11 is 0. The fourth-order valence-corrected chi connectivity index (χ4v) is 6.14. The lowest BCUT2D eigenvalue weighted by Gasteiger charge is -2.08. The van der Waals surface area contributed by atoms with Crippen molar-refractivity contribution in [3.8, 4) is 11.1 Å². The molecule has 4 nitrogen and oxygen atoms in total. The van der Waals surface area contributed by atoms with Crippen LogP contribution in [0.1, 0.15) is 12.0 Å². The van der Waals surface area contributed by atoms with Crippen LogP contribution >= 0.6 is 0 Å². The molecule has 23 heavy (non-hydrogen) atoms. The first-order valence-corrected chi connectivity index (χ1v) is 10.6. The number of hydrogen-bond acceptors (Lipinski definition) is 4. The Balaban J connectivity index is 2.05. The Morgan fingerprint density at radius 1 is 0.652 bits per heavy atom. The number of hydrogen-bond donors (Lipinski definition) is 0. The van der Waals surface area contributed by atoms with Crippen LogP contribution in [0, 0.1) is 0 Å². The molecule has 0 bridgehead atoms. The molecule has 0 radical (unpaired) electrons. The monoisotopic (exact) mass is 348 g/mol. The van der Waals surface area contributed by atoms with Crippen LogP contribution in [0.4, 0.5) is 0 Å². The van der Waals surface area contributed by atoms with E-state index in [1.165, 1.54) is 0 Å². The molecular formula is C17H16O4S2. The molecule has 2 aromatic rings. The van der Waals surface area contributed by atoms with Crippen molar-refractivity contribution >= 4 is 24.6 Å². The molecule has 1 aliphatic heterocycles. The summed E-state index contributed by atoms with van der Waals surface area (Å²) < 4.78 is 48.4. The van der Waals surface area contributed by atoms with Crippen molar-refractivity contribution in [1.29, 1.82) is 0 Å². The van der Waals surface area contributed by atoms with Gasteiger partial charge in [0.25, 0.3) is 0 Å². The van der Waals surface area contributed by atoms with Gasteiger partial charge in [-0.1, -0.05) is 54.6 Å². The van der Waals surface area contributed by atoms with Gasteiger partial charge in [-0.25, -0.2) is 16.8 Å². The lowest BCUT2D eigenvalue weighted by molar-refractivity contribution is 0.602. The van der Waals surface area contributed by atoms with Crippen LogP contribution < -0.4 is 0 Å². The van der Waals surface area contributed by atoms with Crippen molar-refractivity contribution in [2.45, 2.75) is 6.42 Å². The van der Waals surface area contributed by atoms with Gasteiger partial charge in [0, 0.05) is 5.41 Å². The quantitative estimate of drug-likeness (QED) is 0.837. The molecule has 120 valence electrons. The number of rotatable bonds is 2. The highest BCUT2D eigenvalue weighted by atomic mass is 32.2. The van der Waals surface area contributed by atoms with Crippen LogP contribution in [-0.2, 0) is 19.7 Å². The van der Waals surface area contributed by atoms with E-state index < -0.39 is 19.7 Å². The van der Waals surface area contributed by atoms with Gasteiger partial charge in [-0.2, -0.15) is 0 Å². The van der Waals surface area contributed by atoms with Gasteiger partial charge in [0.15, 0.2) is 19.7 Å². The van der Waals surface area contributed by atoms with Crippen molar-refractivity contribution < 1.29 is 16.8 Å². The summed E-state index contributed by atoms with van der Waals surface area (Å²) in [5, 5.41) is 0.910. The minimum Gasteiger partial charge on any atom is -0.224 e. The largest absolute Gasteiger partial charge is 0.224 e. The first-order chi connectivity index (χ1) is 10.9. The van der Waals surface area contributed by atoms with Gasteiger partial charge in [0.2, 0.25) is 0 Å². The van der Waals surface area contributed by atoms with E-state index in [1.807, 2.05) is 30.3 Å². The highest BCUT2D eigenvalue weighted by Gasteiger charge is 2.26. The maximum Gasteiger partial charge on any atom is 0.179 e. The fourth-order valence-electron chi connectivity index (χ4n) is 2.56. The minimum absolute atomic E-state index is 0.102. The second kappa shape index (κ2) is 5.94. The van der Waals surface area contributed by atoms with Crippen molar-refractivity contribution in [3.63, 3.8) is 0 Å². The smallest absolute Gasteiger partial charge is 0.179 e. The second-order valence-corrected chi connectivity index (χ2v) is 9.51. The Morgan fingerprint density at radius 2 is 1.22 bits per heavy atom. The van der Waals surface area contributed by atoms with E-state index in [0.29, 0.717) is 5.56 Å². The highest BCUT2D eigenvalue weighted by Crippen LogP contribution is 2.29. The zero-order valence-corrected chi connectivity index (χ0v) is 14.0. The average Bonchev–Trinajstić information content (AvgIpc) is 2.64.